The van der Waals surface area contributed by atoms with Crippen molar-refractivity contribution in [3.05, 3.63) is 41.5 Å². The standard InChI is InChI=1S/C18H24N4O2/c1-14-19-17(21-24-14)13-18(23)20-16-8-6-15(7-9-16)5-4-12-22-10-2-3-11-22/h6-9H,2-5,10-13H2,1H3,(H,20,23). The number of aryl methyl sites for hydroxylation is 2. The molecule has 1 aromatic carbocycles. The summed E-state index contributed by atoms with van der Waals surface area (Å²) in [6, 6.07) is 8.06. The van der Waals surface area contributed by atoms with Gasteiger partial charge in [-0.2, -0.15) is 4.98 Å². The molecule has 1 aliphatic heterocycles. The Morgan fingerprint density at radius 2 is 2.00 bits per heavy atom. The van der Waals surface area contributed by atoms with Crippen LogP contribution >= 0.6 is 0 Å². The molecular weight excluding hydrogens is 304 g/mol. The summed E-state index contributed by atoms with van der Waals surface area (Å²) in [6.45, 7) is 5.40. The van der Waals surface area contributed by atoms with Gasteiger partial charge in [0.25, 0.3) is 0 Å². The Bertz CT molecular complexity index is 660. The lowest BCUT2D eigenvalue weighted by molar-refractivity contribution is -0.115. The minimum atomic E-state index is -0.141. The van der Waals surface area contributed by atoms with Crippen molar-refractivity contribution in [1.82, 2.24) is 15.0 Å². The fourth-order valence-electron chi connectivity index (χ4n) is 3.03. The SMILES string of the molecule is Cc1nc(CC(=O)Nc2ccc(CCCN3CCCC3)cc2)no1. The van der Waals surface area contributed by atoms with Gasteiger partial charge in [-0.25, -0.2) is 0 Å². The second kappa shape index (κ2) is 8.06. The highest BCUT2D eigenvalue weighted by molar-refractivity contribution is 5.91. The maximum atomic E-state index is 12.0. The first-order valence-electron chi connectivity index (χ1n) is 8.59. The van der Waals surface area contributed by atoms with Gasteiger partial charge in [0.15, 0.2) is 5.82 Å². The second-order valence-corrected chi connectivity index (χ2v) is 6.30. The van der Waals surface area contributed by atoms with Crippen LogP contribution in [0.5, 0.6) is 0 Å². The minimum absolute atomic E-state index is 0.120. The third-order valence-corrected chi connectivity index (χ3v) is 4.26. The number of likely N-dealkylation sites (tertiary alicyclic amines) is 1. The molecule has 0 spiro atoms. The number of nitrogens with zero attached hydrogens (tertiary/aromatic N) is 3. The number of anilines is 1. The molecule has 0 unspecified atom stereocenters. The van der Waals surface area contributed by atoms with Gasteiger partial charge in [-0.1, -0.05) is 17.3 Å². The zero-order valence-electron chi connectivity index (χ0n) is 14.1. The van der Waals surface area contributed by atoms with Crippen molar-refractivity contribution >= 4 is 11.6 Å². The largest absolute Gasteiger partial charge is 0.340 e. The summed E-state index contributed by atoms with van der Waals surface area (Å²) >= 11 is 0. The van der Waals surface area contributed by atoms with Gasteiger partial charge in [-0.05, 0) is 63.0 Å². The predicted molar refractivity (Wildman–Crippen MR) is 91.8 cm³/mol. The number of carbonyl (C=O) groups excluding carboxylic acids is 1. The fourth-order valence-corrected chi connectivity index (χ4v) is 3.03. The summed E-state index contributed by atoms with van der Waals surface area (Å²) in [4.78, 5) is 18.5. The molecule has 0 saturated carbocycles. The first-order chi connectivity index (χ1) is 11.7. The number of aromatic nitrogens is 2. The highest BCUT2D eigenvalue weighted by atomic mass is 16.5. The lowest BCUT2D eigenvalue weighted by Crippen LogP contribution is -2.20. The Kier molecular flexibility index (Phi) is 5.59. The second-order valence-electron chi connectivity index (χ2n) is 6.30. The Hall–Kier alpha value is -2.21. The molecule has 0 bridgehead atoms. The van der Waals surface area contributed by atoms with Gasteiger partial charge in [0.1, 0.15) is 0 Å². The fraction of sp³-hybridized carbons (Fsp3) is 0.500. The molecule has 128 valence electrons. The third kappa shape index (κ3) is 4.89. The maximum absolute atomic E-state index is 12.0. The van der Waals surface area contributed by atoms with Crippen LogP contribution in [0.15, 0.2) is 28.8 Å². The normalized spacial score (nSPS) is 14.9. The molecule has 0 atom stereocenters. The molecule has 24 heavy (non-hydrogen) atoms. The van der Waals surface area contributed by atoms with Crippen molar-refractivity contribution in [2.24, 2.45) is 0 Å². The van der Waals surface area contributed by atoms with Crippen molar-refractivity contribution in [2.45, 2.75) is 39.0 Å². The van der Waals surface area contributed by atoms with Gasteiger partial charge in [0.2, 0.25) is 11.8 Å². The van der Waals surface area contributed by atoms with Crippen molar-refractivity contribution in [1.29, 1.82) is 0 Å². The maximum Gasteiger partial charge on any atom is 0.232 e. The van der Waals surface area contributed by atoms with E-state index in [1.807, 2.05) is 12.1 Å². The first kappa shape index (κ1) is 16.6. The highest BCUT2D eigenvalue weighted by Crippen LogP contribution is 2.13. The van der Waals surface area contributed by atoms with E-state index in [9.17, 15) is 4.79 Å². The quantitative estimate of drug-likeness (QED) is 0.846. The lowest BCUT2D eigenvalue weighted by Gasteiger charge is -2.14. The number of amides is 1. The monoisotopic (exact) mass is 328 g/mol. The molecule has 1 aliphatic rings. The number of rotatable bonds is 7. The number of hydrogen-bond acceptors (Lipinski definition) is 5. The molecule has 6 heteroatoms. The van der Waals surface area contributed by atoms with Crippen LogP contribution in [-0.4, -0.2) is 40.6 Å². The summed E-state index contributed by atoms with van der Waals surface area (Å²) in [6.07, 6.45) is 5.07. The van der Waals surface area contributed by atoms with E-state index in [0.29, 0.717) is 11.7 Å². The smallest absolute Gasteiger partial charge is 0.232 e. The molecule has 6 nitrogen and oxygen atoms in total. The molecule has 1 saturated heterocycles. The summed E-state index contributed by atoms with van der Waals surface area (Å²) in [5.74, 6) is 0.734. The molecule has 0 radical (unpaired) electrons. The van der Waals surface area contributed by atoms with Gasteiger partial charge >= 0.3 is 0 Å². The zero-order valence-corrected chi connectivity index (χ0v) is 14.1. The van der Waals surface area contributed by atoms with E-state index in [0.717, 1.165) is 12.1 Å². The van der Waals surface area contributed by atoms with E-state index in [-0.39, 0.29) is 12.3 Å². The van der Waals surface area contributed by atoms with Gasteiger partial charge in [-0.3, -0.25) is 4.79 Å². The Balaban J connectivity index is 1.42. The van der Waals surface area contributed by atoms with E-state index >= 15 is 0 Å². The molecule has 2 aromatic rings. The third-order valence-electron chi connectivity index (χ3n) is 4.26. The van der Waals surface area contributed by atoms with Crippen LogP contribution in [0.3, 0.4) is 0 Å². The topological polar surface area (TPSA) is 71.3 Å². The number of benzene rings is 1. The van der Waals surface area contributed by atoms with Crippen LogP contribution in [0.2, 0.25) is 0 Å². The Labute approximate surface area is 142 Å². The van der Waals surface area contributed by atoms with Gasteiger partial charge in [-0.15, -0.1) is 0 Å². The average Bonchev–Trinajstić information content (AvgIpc) is 3.21. The predicted octanol–water partition coefficient (Wildman–Crippen LogP) is 2.59. The Morgan fingerprint density at radius 3 is 2.67 bits per heavy atom. The van der Waals surface area contributed by atoms with Gasteiger partial charge in [0.05, 0.1) is 6.42 Å². The van der Waals surface area contributed by atoms with Gasteiger partial charge in [0, 0.05) is 12.6 Å². The van der Waals surface area contributed by atoms with Crippen LogP contribution < -0.4 is 5.32 Å². The Morgan fingerprint density at radius 1 is 1.25 bits per heavy atom. The number of hydrogen-bond donors (Lipinski definition) is 1. The first-order valence-corrected chi connectivity index (χ1v) is 8.59. The average molecular weight is 328 g/mol. The lowest BCUT2D eigenvalue weighted by atomic mass is 10.1. The molecule has 1 fully saturated rings. The van der Waals surface area contributed by atoms with E-state index < -0.39 is 0 Å². The van der Waals surface area contributed by atoms with Gasteiger partial charge < -0.3 is 14.7 Å². The highest BCUT2D eigenvalue weighted by Gasteiger charge is 2.11. The van der Waals surface area contributed by atoms with Crippen LogP contribution in [-0.2, 0) is 17.6 Å². The number of carbonyl (C=O) groups is 1. The van der Waals surface area contributed by atoms with E-state index in [4.69, 9.17) is 4.52 Å². The van der Waals surface area contributed by atoms with Crippen LogP contribution in [0.1, 0.15) is 36.5 Å². The van der Waals surface area contributed by atoms with E-state index in [2.05, 4.69) is 32.5 Å². The molecule has 2 heterocycles. The van der Waals surface area contributed by atoms with Crippen LogP contribution in [0, 0.1) is 6.92 Å². The van der Waals surface area contributed by atoms with Crippen molar-refractivity contribution < 1.29 is 9.32 Å². The summed E-state index contributed by atoms with van der Waals surface area (Å²) < 4.78 is 4.86. The summed E-state index contributed by atoms with van der Waals surface area (Å²) in [5.41, 5.74) is 2.10. The summed E-state index contributed by atoms with van der Waals surface area (Å²) in [7, 11) is 0. The molecule has 3 rings (SSSR count). The molecule has 1 aromatic heterocycles. The number of nitrogens with one attached hydrogen (secondary N) is 1. The van der Waals surface area contributed by atoms with Crippen LogP contribution in [0.4, 0.5) is 5.69 Å². The van der Waals surface area contributed by atoms with Crippen molar-refractivity contribution in [2.75, 3.05) is 25.0 Å². The van der Waals surface area contributed by atoms with E-state index in [1.54, 1.807) is 6.92 Å². The zero-order chi connectivity index (χ0) is 16.8. The summed E-state index contributed by atoms with van der Waals surface area (Å²) in [5, 5.41) is 6.59. The molecule has 1 N–H and O–H groups in total. The minimum Gasteiger partial charge on any atom is -0.340 e. The van der Waals surface area contributed by atoms with E-state index in [1.165, 1.54) is 44.5 Å². The molecular formula is C18H24N4O2. The van der Waals surface area contributed by atoms with Crippen molar-refractivity contribution in [3.8, 4) is 0 Å². The molecule has 0 aliphatic carbocycles. The molecule has 1 amide bonds. The van der Waals surface area contributed by atoms with Crippen molar-refractivity contribution in [3.63, 3.8) is 0 Å². The van der Waals surface area contributed by atoms with Crippen LogP contribution in [0.25, 0.3) is 0 Å².